The molecule has 0 spiro atoms. The molecule has 0 bridgehead atoms. The maximum atomic E-state index is 12.9. The molecule has 0 saturated carbocycles. The first-order valence-corrected chi connectivity index (χ1v) is 9.68. The smallest absolute Gasteiger partial charge is 0.331 e. The third-order valence-corrected chi connectivity index (χ3v) is 7.29. The molecule has 3 nitrogen and oxygen atoms in total. The molecule has 0 aliphatic rings. The Morgan fingerprint density at radius 1 is 1.47 bits per heavy atom. The average Bonchev–Trinajstić information content (AvgIpc) is 2.28. The van der Waals surface area contributed by atoms with Crippen molar-refractivity contribution in [2.75, 3.05) is 13.2 Å². The van der Waals surface area contributed by atoms with Gasteiger partial charge in [0.15, 0.2) is 5.62 Å². The van der Waals surface area contributed by atoms with Crippen LogP contribution < -0.4 is 5.09 Å². The SMILES string of the molecule is CCNP(=S)(OCC)Sc1ncccc1C(F)(F)F. The minimum Gasteiger partial charge on any atom is -0.331 e. The fourth-order valence-corrected chi connectivity index (χ4v) is 6.33. The van der Waals surface area contributed by atoms with Crippen molar-refractivity contribution < 1.29 is 17.7 Å². The molecule has 0 saturated heterocycles. The number of rotatable bonds is 6. The van der Waals surface area contributed by atoms with E-state index in [0.29, 0.717) is 13.2 Å². The molecular formula is C10H14F3N2OPS2. The van der Waals surface area contributed by atoms with E-state index >= 15 is 0 Å². The molecule has 1 heterocycles. The first-order valence-electron chi connectivity index (χ1n) is 5.54. The van der Waals surface area contributed by atoms with Crippen molar-refractivity contribution in [3.05, 3.63) is 23.9 Å². The van der Waals surface area contributed by atoms with Crippen LogP contribution in [-0.2, 0) is 22.5 Å². The Morgan fingerprint density at radius 2 is 2.16 bits per heavy atom. The second-order valence-corrected chi connectivity index (χ2v) is 9.84. The van der Waals surface area contributed by atoms with Crippen molar-refractivity contribution in [2.45, 2.75) is 25.0 Å². The number of aromatic nitrogens is 1. The highest BCUT2D eigenvalue weighted by atomic mass is 32.9. The minimum atomic E-state index is -4.45. The van der Waals surface area contributed by atoms with E-state index in [1.165, 1.54) is 12.3 Å². The average molecular weight is 330 g/mol. The molecule has 1 aromatic rings. The monoisotopic (exact) mass is 330 g/mol. The summed E-state index contributed by atoms with van der Waals surface area (Å²) in [5.74, 6) is 0. The van der Waals surface area contributed by atoms with Crippen molar-refractivity contribution in [1.29, 1.82) is 0 Å². The molecule has 1 rings (SSSR count). The van der Waals surface area contributed by atoms with E-state index in [-0.39, 0.29) is 5.03 Å². The lowest BCUT2D eigenvalue weighted by Crippen LogP contribution is -2.11. The van der Waals surface area contributed by atoms with Crippen LogP contribution in [0.3, 0.4) is 0 Å². The van der Waals surface area contributed by atoms with Gasteiger partial charge in [-0.2, -0.15) is 13.2 Å². The fourth-order valence-electron chi connectivity index (χ4n) is 1.26. The Morgan fingerprint density at radius 3 is 2.68 bits per heavy atom. The van der Waals surface area contributed by atoms with Gasteiger partial charge in [0.2, 0.25) is 0 Å². The lowest BCUT2D eigenvalue weighted by molar-refractivity contribution is -0.140. The number of pyridine rings is 1. The zero-order valence-electron chi connectivity index (χ0n) is 10.4. The van der Waals surface area contributed by atoms with Crippen LogP contribution in [0.25, 0.3) is 0 Å². The van der Waals surface area contributed by atoms with Crippen molar-refractivity contribution in [2.24, 2.45) is 0 Å². The molecule has 1 N–H and O–H groups in total. The van der Waals surface area contributed by atoms with E-state index < -0.39 is 17.4 Å². The summed E-state index contributed by atoms with van der Waals surface area (Å²) in [5.41, 5.74) is -3.39. The largest absolute Gasteiger partial charge is 0.419 e. The van der Waals surface area contributed by atoms with E-state index in [0.717, 1.165) is 17.4 Å². The van der Waals surface area contributed by atoms with Crippen LogP contribution in [0, 0.1) is 0 Å². The summed E-state index contributed by atoms with van der Waals surface area (Å²) >= 11 is 6.15. The highest BCUT2D eigenvalue weighted by Crippen LogP contribution is 2.60. The lowest BCUT2D eigenvalue weighted by Gasteiger charge is -2.22. The van der Waals surface area contributed by atoms with Gasteiger partial charge in [0.25, 0.3) is 0 Å². The second kappa shape index (κ2) is 7.04. The molecule has 19 heavy (non-hydrogen) atoms. The van der Waals surface area contributed by atoms with Gasteiger partial charge in [-0.3, -0.25) is 5.09 Å². The number of alkyl halides is 3. The number of nitrogens with zero attached hydrogens (tertiary/aromatic N) is 1. The maximum Gasteiger partial charge on any atom is 0.419 e. The third-order valence-electron chi connectivity index (χ3n) is 1.93. The standard InChI is InChI=1S/C10H14F3N2OPS2/c1-3-15-17(18,16-4-2)19-9-8(10(11,12)13)6-5-7-14-9/h5-7H,3-4H2,1-2H3,(H,15,18). The third kappa shape index (κ3) is 5.04. The number of halogens is 3. The van der Waals surface area contributed by atoms with Crippen molar-refractivity contribution >= 4 is 28.8 Å². The topological polar surface area (TPSA) is 34.1 Å². The van der Waals surface area contributed by atoms with E-state index in [1.807, 2.05) is 6.92 Å². The molecule has 1 unspecified atom stereocenters. The van der Waals surface area contributed by atoms with Gasteiger partial charge in [0, 0.05) is 6.20 Å². The first-order chi connectivity index (χ1) is 8.82. The van der Waals surface area contributed by atoms with Gasteiger partial charge in [-0.15, -0.1) is 0 Å². The van der Waals surface area contributed by atoms with Crippen LogP contribution in [0.15, 0.2) is 23.4 Å². The van der Waals surface area contributed by atoms with Gasteiger partial charge in [0.1, 0.15) is 5.03 Å². The van der Waals surface area contributed by atoms with Gasteiger partial charge in [-0.25, -0.2) is 4.98 Å². The van der Waals surface area contributed by atoms with Crippen LogP contribution in [0.2, 0.25) is 0 Å². The molecule has 0 radical (unpaired) electrons. The van der Waals surface area contributed by atoms with Crippen LogP contribution in [-0.4, -0.2) is 18.1 Å². The second-order valence-electron chi connectivity index (χ2n) is 3.37. The summed E-state index contributed by atoms with van der Waals surface area (Å²) in [6.07, 6.45) is -3.13. The molecule has 0 fully saturated rings. The Balaban J connectivity index is 3.07. The Bertz CT molecular complexity index is 460. The molecule has 9 heteroatoms. The van der Waals surface area contributed by atoms with Crippen molar-refractivity contribution in [3.63, 3.8) is 0 Å². The summed E-state index contributed by atoms with van der Waals surface area (Å²) in [4.78, 5) is 3.78. The molecular weight excluding hydrogens is 316 g/mol. The molecule has 0 amide bonds. The van der Waals surface area contributed by atoms with Gasteiger partial charge >= 0.3 is 6.18 Å². The number of hydrogen-bond acceptors (Lipinski definition) is 4. The Hall–Kier alpha value is -0.140. The molecule has 108 valence electrons. The quantitative estimate of drug-likeness (QED) is 0.796. The minimum absolute atomic E-state index is 0.146. The van der Waals surface area contributed by atoms with Crippen LogP contribution in [0.5, 0.6) is 0 Å². The van der Waals surface area contributed by atoms with Crippen LogP contribution in [0.1, 0.15) is 19.4 Å². The van der Waals surface area contributed by atoms with E-state index in [4.69, 9.17) is 16.3 Å². The molecule has 0 aromatic carbocycles. The van der Waals surface area contributed by atoms with Crippen molar-refractivity contribution in [3.8, 4) is 0 Å². The highest BCUT2D eigenvalue weighted by molar-refractivity contribution is 8.68. The summed E-state index contributed by atoms with van der Waals surface area (Å²) in [6.45, 7) is 4.44. The van der Waals surface area contributed by atoms with Crippen LogP contribution in [0.4, 0.5) is 13.2 Å². The highest BCUT2D eigenvalue weighted by Gasteiger charge is 2.35. The summed E-state index contributed by atoms with van der Waals surface area (Å²) < 4.78 is 44.0. The summed E-state index contributed by atoms with van der Waals surface area (Å²) in [7, 11) is 0. The number of nitrogens with one attached hydrogen (secondary N) is 1. The summed E-state index contributed by atoms with van der Waals surface area (Å²) in [5, 5.41) is 2.80. The molecule has 0 aliphatic carbocycles. The molecule has 1 atom stereocenters. The van der Waals surface area contributed by atoms with Crippen LogP contribution >= 0.6 is 17.0 Å². The molecule has 1 aromatic heterocycles. The van der Waals surface area contributed by atoms with Gasteiger partial charge < -0.3 is 4.52 Å². The Labute approximate surface area is 119 Å². The lowest BCUT2D eigenvalue weighted by atomic mass is 10.3. The maximum absolute atomic E-state index is 12.9. The normalized spacial score (nSPS) is 15.2. The predicted octanol–water partition coefficient (Wildman–Crippen LogP) is 4.06. The Kier molecular flexibility index (Phi) is 6.26. The zero-order chi connectivity index (χ0) is 14.5. The van der Waals surface area contributed by atoms with Gasteiger partial charge in [0.05, 0.1) is 12.2 Å². The van der Waals surface area contributed by atoms with Gasteiger partial charge in [-0.1, -0.05) is 6.92 Å². The van der Waals surface area contributed by atoms with E-state index in [2.05, 4.69) is 10.1 Å². The zero-order valence-corrected chi connectivity index (χ0v) is 12.9. The van der Waals surface area contributed by atoms with E-state index in [1.54, 1.807) is 6.92 Å². The first kappa shape index (κ1) is 16.9. The fraction of sp³-hybridized carbons (Fsp3) is 0.500. The van der Waals surface area contributed by atoms with Crippen molar-refractivity contribution in [1.82, 2.24) is 10.1 Å². The number of hydrogen-bond donors (Lipinski definition) is 1. The molecule has 0 aliphatic heterocycles. The van der Waals surface area contributed by atoms with Gasteiger partial charge in [-0.05, 0) is 48.8 Å². The van der Waals surface area contributed by atoms with E-state index in [9.17, 15) is 13.2 Å². The summed E-state index contributed by atoms with van der Waals surface area (Å²) in [6, 6.07) is 2.25. The predicted molar refractivity (Wildman–Crippen MR) is 74.7 cm³/mol.